The topological polar surface area (TPSA) is 52.6 Å². The first kappa shape index (κ1) is 13.5. The first-order valence-corrected chi connectivity index (χ1v) is 6.29. The lowest BCUT2D eigenvalue weighted by Gasteiger charge is -2.18. The van der Waals surface area contributed by atoms with Gasteiger partial charge in [-0.2, -0.15) is 0 Å². The summed E-state index contributed by atoms with van der Waals surface area (Å²) in [6.07, 6.45) is 2.90. The summed E-state index contributed by atoms with van der Waals surface area (Å²) in [7, 11) is 0. The van der Waals surface area contributed by atoms with Crippen LogP contribution < -0.4 is 5.32 Å². The molecule has 0 saturated carbocycles. The molecule has 2 unspecified atom stereocenters. The van der Waals surface area contributed by atoms with Crippen LogP contribution in [0.5, 0.6) is 0 Å². The molecule has 0 aromatic rings. The summed E-state index contributed by atoms with van der Waals surface area (Å²) in [5, 5.41) is 12.1. The van der Waals surface area contributed by atoms with E-state index in [2.05, 4.69) is 19.2 Å². The van der Waals surface area contributed by atoms with Crippen molar-refractivity contribution in [2.45, 2.75) is 39.2 Å². The maximum absolute atomic E-state index is 11.8. The summed E-state index contributed by atoms with van der Waals surface area (Å²) in [5.74, 6) is 0.693. The fourth-order valence-corrected chi connectivity index (χ4v) is 2.00. The number of likely N-dealkylation sites (tertiary alicyclic amines) is 1. The van der Waals surface area contributed by atoms with E-state index >= 15 is 0 Å². The van der Waals surface area contributed by atoms with Gasteiger partial charge in [-0.3, -0.25) is 4.79 Å². The van der Waals surface area contributed by atoms with Crippen molar-refractivity contribution in [1.29, 1.82) is 0 Å². The zero-order chi connectivity index (χ0) is 12.0. The van der Waals surface area contributed by atoms with E-state index in [-0.39, 0.29) is 12.5 Å². The molecule has 0 radical (unpaired) electrons. The summed E-state index contributed by atoms with van der Waals surface area (Å²) in [6.45, 7) is 6.55. The largest absolute Gasteiger partial charge is 0.396 e. The molecular weight excluding hydrogens is 204 g/mol. The second kappa shape index (κ2) is 6.86. The van der Waals surface area contributed by atoms with Crippen LogP contribution in [-0.2, 0) is 4.79 Å². The Balaban J connectivity index is 2.23. The van der Waals surface area contributed by atoms with Crippen molar-refractivity contribution < 1.29 is 9.90 Å². The van der Waals surface area contributed by atoms with Gasteiger partial charge in [0.15, 0.2) is 0 Å². The third-order valence-corrected chi connectivity index (χ3v) is 3.39. The zero-order valence-electron chi connectivity index (χ0n) is 10.4. The van der Waals surface area contributed by atoms with Crippen molar-refractivity contribution in [1.82, 2.24) is 10.2 Å². The van der Waals surface area contributed by atoms with Gasteiger partial charge in [0.1, 0.15) is 0 Å². The first-order valence-electron chi connectivity index (χ1n) is 6.29. The minimum Gasteiger partial charge on any atom is -0.396 e. The number of aliphatic hydroxyl groups excluding tert-OH is 1. The molecule has 0 bridgehead atoms. The van der Waals surface area contributed by atoms with E-state index in [1.54, 1.807) is 0 Å². The maximum Gasteiger partial charge on any atom is 0.236 e. The molecule has 1 aliphatic heterocycles. The number of aliphatic hydroxyl groups is 1. The van der Waals surface area contributed by atoms with Crippen LogP contribution >= 0.6 is 0 Å². The van der Waals surface area contributed by atoms with E-state index in [4.69, 9.17) is 5.11 Å². The normalized spacial score (nSPS) is 22.4. The molecule has 1 heterocycles. The predicted molar refractivity (Wildman–Crippen MR) is 64.1 cm³/mol. The summed E-state index contributed by atoms with van der Waals surface area (Å²) in [5.41, 5.74) is 0. The van der Waals surface area contributed by atoms with Gasteiger partial charge < -0.3 is 15.3 Å². The SMILES string of the molecule is CCC(C)NCC(=O)N1CCC(CCO)C1. The number of carbonyl (C=O) groups is 1. The average molecular weight is 228 g/mol. The van der Waals surface area contributed by atoms with Gasteiger partial charge in [0.25, 0.3) is 0 Å². The highest BCUT2D eigenvalue weighted by Gasteiger charge is 2.25. The van der Waals surface area contributed by atoms with Gasteiger partial charge in [-0.1, -0.05) is 6.92 Å². The maximum atomic E-state index is 11.8. The average Bonchev–Trinajstić information content (AvgIpc) is 2.74. The van der Waals surface area contributed by atoms with E-state index in [0.717, 1.165) is 32.4 Å². The Morgan fingerprint density at radius 1 is 1.62 bits per heavy atom. The van der Waals surface area contributed by atoms with Crippen molar-refractivity contribution in [3.05, 3.63) is 0 Å². The Labute approximate surface area is 98.0 Å². The summed E-state index contributed by atoms with van der Waals surface area (Å²) in [4.78, 5) is 13.7. The Bertz CT molecular complexity index is 221. The molecule has 0 spiro atoms. The number of nitrogens with one attached hydrogen (secondary N) is 1. The smallest absolute Gasteiger partial charge is 0.236 e. The van der Waals surface area contributed by atoms with E-state index in [1.807, 2.05) is 4.90 Å². The highest BCUT2D eigenvalue weighted by atomic mass is 16.3. The zero-order valence-corrected chi connectivity index (χ0v) is 10.4. The highest BCUT2D eigenvalue weighted by Crippen LogP contribution is 2.18. The third-order valence-electron chi connectivity index (χ3n) is 3.39. The van der Waals surface area contributed by atoms with Crippen LogP contribution in [0.2, 0.25) is 0 Å². The van der Waals surface area contributed by atoms with Crippen LogP contribution in [0.15, 0.2) is 0 Å². The molecular formula is C12H24N2O2. The Hall–Kier alpha value is -0.610. The van der Waals surface area contributed by atoms with Crippen LogP contribution in [0, 0.1) is 5.92 Å². The number of nitrogens with zero attached hydrogens (tertiary/aromatic N) is 1. The molecule has 0 aliphatic carbocycles. The molecule has 1 fully saturated rings. The Kier molecular flexibility index (Phi) is 5.77. The van der Waals surface area contributed by atoms with E-state index in [1.165, 1.54) is 0 Å². The second-order valence-corrected chi connectivity index (χ2v) is 4.70. The third kappa shape index (κ3) is 4.10. The van der Waals surface area contributed by atoms with Crippen LogP contribution in [0.4, 0.5) is 0 Å². The second-order valence-electron chi connectivity index (χ2n) is 4.70. The molecule has 0 aromatic heterocycles. The van der Waals surface area contributed by atoms with Crippen LogP contribution in [-0.4, -0.2) is 48.2 Å². The van der Waals surface area contributed by atoms with E-state index in [9.17, 15) is 4.79 Å². The summed E-state index contributed by atoms with van der Waals surface area (Å²) in [6, 6.07) is 0.403. The van der Waals surface area contributed by atoms with E-state index in [0.29, 0.717) is 18.5 Å². The molecule has 94 valence electrons. The molecule has 4 heteroatoms. The minimum absolute atomic E-state index is 0.195. The lowest BCUT2D eigenvalue weighted by Crippen LogP contribution is -2.39. The first-order chi connectivity index (χ1) is 7.67. The van der Waals surface area contributed by atoms with Crippen molar-refractivity contribution in [2.75, 3.05) is 26.2 Å². The minimum atomic E-state index is 0.195. The summed E-state index contributed by atoms with van der Waals surface area (Å²) < 4.78 is 0. The standard InChI is InChI=1S/C12H24N2O2/c1-3-10(2)13-8-12(16)14-6-4-11(9-14)5-7-15/h10-11,13,15H,3-9H2,1-2H3. The molecule has 4 nitrogen and oxygen atoms in total. The van der Waals surface area contributed by atoms with Crippen LogP contribution in [0.25, 0.3) is 0 Å². The van der Waals surface area contributed by atoms with E-state index < -0.39 is 0 Å². The molecule has 2 atom stereocenters. The van der Waals surface area contributed by atoms with Crippen molar-refractivity contribution >= 4 is 5.91 Å². The molecule has 16 heavy (non-hydrogen) atoms. The van der Waals surface area contributed by atoms with Crippen LogP contribution in [0.1, 0.15) is 33.1 Å². The highest BCUT2D eigenvalue weighted by molar-refractivity contribution is 5.78. The number of amides is 1. The molecule has 1 saturated heterocycles. The molecule has 0 aromatic carbocycles. The van der Waals surface area contributed by atoms with Gasteiger partial charge in [-0.15, -0.1) is 0 Å². The quantitative estimate of drug-likeness (QED) is 0.700. The van der Waals surface area contributed by atoms with Gasteiger partial charge in [0.05, 0.1) is 6.54 Å². The van der Waals surface area contributed by atoms with Gasteiger partial charge in [-0.25, -0.2) is 0 Å². The Morgan fingerprint density at radius 2 is 2.38 bits per heavy atom. The molecule has 1 rings (SSSR count). The number of hydrogen-bond donors (Lipinski definition) is 2. The predicted octanol–water partition coefficient (Wildman–Crippen LogP) is 0.605. The van der Waals surface area contributed by atoms with Crippen molar-refractivity contribution in [3.8, 4) is 0 Å². The van der Waals surface area contributed by atoms with Crippen molar-refractivity contribution in [2.24, 2.45) is 5.92 Å². The Morgan fingerprint density at radius 3 is 3.00 bits per heavy atom. The number of hydrogen-bond acceptors (Lipinski definition) is 3. The lowest BCUT2D eigenvalue weighted by molar-refractivity contribution is -0.129. The van der Waals surface area contributed by atoms with Crippen molar-refractivity contribution in [3.63, 3.8) is 0 Å². The van der Waals surface area contributed by atoms with Gasteiger partial charge in [0, 0.05) is 25.7 Å². The number of carbonyl (C=O) groups excluding carboxylic acids is 1. The molecule has 2 N–H and O–H groups in total. The van der Waals surface area contributed by atoms with Crippen LogP contribution in [0.3, 0.4) is 0 Å². The van der Waals surface area contributed by atoms with Gasteiger partial charge in [0.2, 0.25) is 5.91 Å². The number of rotatable bonds is 6. The lowest BCUT2D eigenvalue weighted by atomic mass is 10.1. The van der Waals surface area contributed by atoms with Gasteiger partial charge >= 0.3 is 0 Å². The molecule has 1 aliphatic rings. The van der Waals surface area contributed by atoms with Gasteiger partial charge in [-0.05, 0) is 32.1 Å². The monoisotopic (exact) mass is 228 g/mol. The fraction of sp³-hybridized carbons (Fsp3) is 0.917. The fourth-order valence-electron chi connectivity index (χ4n) is 2.00. The molecule has 1 amide bonds. The summed E-state index contributed by atoms with van der Waals surface area (Å²) >= 11 is 0.